The van der Waals surface area contributed by atoms with Crippen LogP contribution < -0.4 is 15.2 Å². The molecular formula is C31H31ClF3N7O3. The molecule has 2 atom stereocenters. The number of fused-ring (bicyclic) bond motifs is 2. The molecule has 0 saturated carbocycles. The maximum Gasteiger partial charge on any atom is 0.450 e. The second-order valence-electron chi connectivity index (χ2n) is 11.3. The predicted molar refractivity (Wildman–Crippen MR) is 165 cm³/mol. The molecule has 10 nitrogen and oxygen atoms in total. The molecular weight excluding hydrogens is 611 g/mol. The highest BCUT2D eigenvalue weighted by Gasteiger charge is 2.40. The van der Waals surface area contributed by atoms with Crippen LogP contribution in [0.4, 0.5) is 19.0 Å². The number of likely N-dealkylation sites (tertiary alicyclic amines) is 1. The molecule has 2 aromatic heterocycles. The van der Waals surface area contributed by atoms with Crippen molar-refractivity contribution in [3.05, 3.63) is 70.3 Å². The van der Waals surface area contributed by atoms with E-state index >= 15 is 0 Å². The molecule has 0 spiro atoms. The fourth-order valence-electron chi connectivity index (χ4n) is 6.14. The highest BCUT2D eigenvalue weighted by atomic mass is 35.5. The number of nitrogens with zero attached hydrogens (tertiary/aromatic N) is 7. The zero-order chi connectivity index (χ0) is 32.0. The van der Waals surface area contributed by atoms with E-state index in [1.165, 1.54) is 12.1 Å². The van der Waals surface area contributed by atoms with Crippen molar-refractivity contribution in [1.82, 2.24) is 29.3 Å². The molecule has 236 valence electrons. The first kappa shape index (κ1) is 30.8. The standard InChI is InChI=1S/C31H31ClF3N7O3/c1-4-23(43)40-14-15-41(18(2)16-40)27-25-26(37-30(38-27)45-17-20-10-7-13-39(20)3)28(44)42(29(36-25)31(33,34)35)22-12-6-9-19-8-5-11-21(32)24(19)22/h4-6,8-9,11-12,18,20H,1,7,10,13-17H2,2-3H3/t18-,20-/m0/s1. The van der Waals surface area contributed by atoms with Crippen LogP contribution in [-0.4, -0.2) is 87.1 Å². The number of benzene rings is 2. The number of ether oxygens (including phenoxy) is 1. The van der Waals surface area contributed by atoms with Gasteiger partial charge in [0.15, 0.2) is 11.3 Å². The van der Waals surface area contributed by atoms with Crippen LogP contribution in [0, 0.1) is 0 Å². The van der Waals surface area contributed by atoms with Gasteiger partial charge >= 0.3 is 12.2 Å². The maximum absolute atomic E-state index is 14.8. The molecule has 2 aliphatic rings. The average molecular weight is 642 g/mol. The van der Waals surface area contributed by atoms with Crippen molar-refractivity contribution in [3.63, 3.8) is 0 Å². The molecule has 0 unspecified atom stereocenters. The number of anilines is 1. The Bertz CT molecular complexity index is 1860. The van der Waals surface area contributed by atoms with Crippen molar-refractivity contribution >= 4 is 45.1 Å². The van der Waals surface area contributed by atoms with Gasteiger partial charge in [0.25, 0.3) is 5.56 Å². The molecule has 4 aromatic rings. The van der Waals surface area contributed by atoms with Gasteiger partial charge in [-0.1, -0.05) is 42.4 Å². The molecule has 2 saturated heterocycles. The molecule has 0 N–H and O–H groups in total. The fourth-order valence-corrected chi connectivity index (χ4v) is 6.41. The summed E-state index contributed by atoms with van der Waals surface area (Å²) < 4.78 is 50.9. The number of amides is 1. The fraction of sp³-hybridized carbons (Fsp3) is 0.387. The lowest BCUT2D eigenvalue weighted by Gasteiger charge is -2.40. The number of rotatable bonds is 6. The summed E-state index contributed by atoms with van der Waals surface area (Å²) >= 11 is 6.47. The van der Waals surface area contributed by atoms with Gasteiger partial charge in [-0.2, -0.15) is 23.1 Å². The zero-order valence-corrected chi connectivity index (χ0v) is 25.5. The minimum atomic E-state index is -5.03. The third-order valence-electron chi connectivity index (χ3n) is 8.47. The first-order chi connectivity index (χ1) is 21.5. The van der Waals surface area contributed by atoms with Gasteiger partial charge in [0.05, 0.1) is 10.7 Å². The number of carbonyl (C=O) groups is 1. The third kappa shape index (κ3) is 5.70. The largest absolute Gasteiger partial charge is 0.462 e. The molecule has 2 aromatic carbocycles. The van der Waals surface area contributed by atoms with E-state index in [1.807, 2.05) is 14.0 Å². The zero-order valence-electron chi connectivity index (χ0n) is 24.7. The van der Waals surface area contributed by atoms with Crippen molar-refractivity contribution in [2.45, 2.75) is 38.0 Å². The van der Waals surface area contributed by atoms with Gasteiger partial charge < -0.3 is 19.4 Å². The first-order valence-electron chi connectivity index (χ1n) is 14.6. The van der Waals surface area contributed by atoms with Crippen LogP contribution in [0.3, 0.4) is 0 Å². The van der Waals surface area contributed by atoms with Crippen LogP contribution in [0.1, 0.15) is 25.6 Å². The summed E-state index contributed by atoms with van der Waals surface area (Å²) in [7, 11) is 1.98. The summed E-state index contributed by atoms with van der Waals surface area (Å²) in [6.07, 6.45) is -1.91. The number of hydrogen-bond donors (Lipinski definition) is 0. The van der Waals surface area contributed by atoms with Crippen molar-refractivity contribution in [2.24, 2.45) is 0 Å². The Kier molecular flexibility index (Phi) is 8.16. The minimum absolute atomic E-state index is 0.0266. The van der Waals surface area contributed by atoms with Gasteiger partial charge in [-0.25, -0.2) is 4.98 Å². The Hall–Kier alpha value is -4.23. The molecule has 14 heteroatoms. The van der Waals surface area contributed by atoms with Gasteiger partial charge in [0, 0.05) is 37.1 Å². The lowest BCUT2D eigenvalue weighted by Crippen LogP contribution is -2.53. The first-order valence-corrected chi connectivity index (χ1v) is 15.0. The van der Waals surface area contributed by atoms with Crippen LogP contribution in [0.5, 0.6) is 6.01 Å². The molecule has 4 heterocycles. The normalized spacial score (nSPS) is 19.4. The number of hydrogen-bond acceptors (Lipinski definition) is 8. The molecule has 2 aliphatic heterocycles. The van der Waals surface area contributed by atoms with Crippen molar-refractivity contribution in [2.75, 3.05) is 44.7 Å². The maximum atomic E-state index is 14.8. The van der Waals surface area contributed by atoms with Crippen molar-refractivity contribution in [1.29, 1.82) is 0 Å². The number of piperazine rings is 1. The predicted octanol–water partition coefficient (Wildman–Crippen LogP) is 4.70. The van der Waals surface area contributed by atoms with Gasteiger partial charge in [0.2, 0.25) is 11.7 Å². The number of aromatic nitrogens is 4. The molecule has 0 aliphatic carbocycles. The van der Waals surface area contributed by atoms with Gasteiger partial charge in [-0.05, 0) is 57.0 Å². The monoisotopic (exact) mass is 641 g/mol. The minimum Gasteiger partial charge on any atom is -0.462 e. The Morgan fingerprint density at radius 3 is 2.53 bits per heavy atom. The Morgan fingerprint density at radius 1 is 1.11 bits per heavy atom. The summed E-state index contributed by atoms with van der Waals surface area (Å²) in [6, 6.07) is 9.13. The van der Waals surface area contributed by atoms with E-state index in [2.05, 4.69) is 26.4 Å². The molecule has 0 radical (unpaired) electrons. The van der Waals surface area contributed by atoms with Crippen LogP contribution in [0.2, 0.25) is 5.02 Å². The summed E-state index contributed by atoms with van der Waals surface area (Å²) in [5.41, 5.74) is -1.76. The Morgan fingerprint density at radius 2 is 1.87 bits per heavy atom. The second-order valence-corrected chi connectivity index (χ2v) is 11.7. The highest BCUT2D eigenvalue weighted by molar-refractivity contribution is 6.36. The van der Waals surface area contributed by atoms with E-state index in [9.17, 15) is 22.8 Å². The van der Waals surface area contributed by atoms with Gasteiger partial charge in [-0.3, -0.25) is 14.2 Å². The second kappa shape index (κ2) is 11.9. The molecule has 0 bridgehead atoms. The van der Waals surface area contributed by atoms with E-state index in [0.29, 0.717) is 9.95 Å². The number of alkyl halides is 3. The van der Waals surface area contributed by atoms with Crippen LogP contribution in [0.25, 0.3) is 27.5 Å². The lowest BCUT2D eigenvalue weighted by atomic mass is 10.1. The summed E-state index contributed by atoms with van der Waals surface area (Å²) in [5.74, 6) is -1.67. The van der Waals surface area contributed by atoms with Crippen LogP contribution in [0.15, 0.2) is 53.8 Å². The number of halogens is 4. The Labute approximate surface area is 261 Å². The van der Waals surface area contributed by atoms with Crippen molar-refractivity contribution in [3.8, 4) is 11.7 Å². The SMILES string of the molecule is C=CC(=O)N1CCN(c2nc(OC[C@@H]3CCCN3C)nc3c(=O)n(-c4cccc5cccc(Cl)c45)c(C(F)(F)F)nc23)[C@@H](C)C1. The van der Waals surface area contributed by atoms with Crippen molar-refractivity contribution < 1.29 is 22.7 Å². The molecule has 45 heavy (non-hydrogen) atoms. The summed E-state index contributed by atoms with van der Waals surface area (Å²) in [5, 5.41) is 0.994. The lowest BCUT2D eigenvalue weighted by molar-refractivity contribution is -0.146. The third-order valence-corrected chi connectivity index (χ3v) is 8.78. The quantitative estimate of drug-likeness (QED) is 0.280. The highest BCUT2D eigenvalue weighted by Crippen LogP contribution is 2.36. The average Bonchev–Trinajstić information content (AvgIpc) is 3.43. The Balaban J connectivity index is 1.58. The summed E-state index contributed by atoms with van der Waals surface area (Å²) in [4.78, 5) is 45.0. The molecule has 6 rings (SSSR count). The van der Waals surface area contributed by atoms with Gasteiger partial charge in [0.1, 0.15) is 12.1 Å². The van der Waals surface area contributed by atoms with E-state index in [4.69, 9.17) is 16.3 Å². The number of likely N-dealkylation sites (N-methyl/N-ethyl adjacent to an activating group) is 1. The molecule has 2 fully saturated rings. The topological polar surface area (TPSA) is 96.7 Å². The van der Waals surface area contributed by atoms with E-state index in [0.717, 1.165) is 19.4 Å². The van der Waals surface area contributed by atoms with E-state index in [-0.39, 0.29) is 83.2 Å². The van der Waals surface area contributed by atoms with E-state index < -0.39 is 17.6 Å². The molecule has 1 amide bonds. The number of carbonyl (C=O) groups excluding carboxylic acids is 1. The van der Waals surface area contributed by atoms with Crippen LogP contribution in [-0.2, 0) is 11.0 Å². The van der Waals surface area contributed by atoms with E-state index in [1.54, 1.807) is 40.1 Å². The smallest absolute Gasteiger partial charge is 0.450 e. The van der Waals surface area contributed by atoms with Gasteiger partial charge in [-0.15, -0.1) is 0 Å². The summed E-state index contributed by atoms with van der Waals surface area (Å²) in [6.45, 7) is 7.25. The van der Waals surface area contributed by atoms with Crippen LogP contribution >= 0.6 is 11.6 Å².